The van der Waals surface area contributed by atoms with Crippen LogP contribution in [0.2, 0.25) is 0 Å². The van der Waals surface area contributed by atoms with E-state index < -0.39 is 6.04 Å². The number of rotatable bonds is 8. The normalized spacial score (nSPS) is 11.8. The van der Waals surface area contributed by atoms with E-state index in [0.29, 0.717) is 6.54 Å². The van der Waals surface area contributed by atoms with E-state index >= 15 is 0 Å². The van der Waals surface area contributed by atoms with Gasteiger partial charge < -0.3 is 15.4 Å². The molecule has 6 nitrogen and oxygen atoms in total. The molecule has 2 amide bonds. The molecule has 0 aliphatic rings. The molecule has 0 saturated heterocycles. The van der Waals surface area contributed by atoms with Gasteiger partial charge in [-0.05, 0) is 51.1 Å². The van der Waals surface area contributed by atoms with E-state index in [1.165, 1.54) is 0 Å². The van der Waals surface area contributed by atoms with E-state index in [2.05, 4.69) is 10.6 Å². The van der Waals surface area contributed by atoms with Gasteiger partial charge >= 0.3 is 0 Å². The molecule has 0 aliphatic heterocycles. The zero-order valence-corrected chi connectivity index (χ0v) is 17.2. The second kappa shape index (κ2) is 9.90. The molecular weight excluding hydrogens is 354 g/mol. The number of likely N-dealkylation sites (N-methyl/N-ethyl adjacent to an activating group) is 1. The molecule has 0 aliphatic carbocycles. The molecule has 0 saturated carbocycles. The van der Waals surface area contributed by atoms with Gasteiger partial charge in [-0.3, -0.25) is 14.5 Å². The minimum absolute atomic E-state index is 0.122. The molecule has 2 aromatic rings. The summed E-state index contributed by atoms with van der Waals surface area (Å²) in [6, 6.07) is 12.9. The highest BCUT2D eigenvalue weighted by Gasteiger charge is 2.20. The third-order valence-corrected chi connectivity index (χ3v) is 4.96. The first-order valence-electron chi connectivity index (χ1n) is 9.29. The number of carbonyl (C=O) groups excluding carboxylic acids is 2. The number of para-hydroxylation sites is 1. The summed E-state index contributed by atoms with van der Waals surface area (Å²) >= 11 is 0. The molecule has 1 unspecified atom stereocenters. The molecule has 0 heterocycles. The third-order valence-electron chi connectivity index (χ3n) is 4.96. The number of hydrogen-bond acceptors (Lipinski definition) is 4. The number of aryl methyl sites for hydroxylation is 1. The van der Waals surface area contributed by atoms with Gasteiger partial charge in [-0.15, -0.1) is 0 Å². The maximum atomic E-state index is 12.5. The standard InChI is InChI=1S/C22H29N3O3/c1-15-9-8-11-19(16(15)2)24-21(26)14-25(4)17(3)22(27)23-13-18-10-6-7-12-20(18)28-5/h6-12,17H,13-14H2,1-5H3,(H,23,27)(H,24,26). The second-order valence-electron chi connectivity index (χ2n) is 6.92. The molecular formula is C22H29N3O3. The quantitative estimate of drug-likeness (QED) is 0.735. The monoisotopic (exact) mass is 383 g/mol. The molecule has 2 rings (SSSR count). The maximum absolute atomic E-state index is 12.5. The average molecular weight is 383 g/mol. The van der Waals surface area contributed by atoms with Gasteiger partial charge in [-0.25, -0.2) is 0 Å². The van der Waals surface area contributed by atoms with Crippen LogP contribution in [0, 0.1) is 13.8 Å². The van der Waals surface area contributed by atoms with Gasteiger partial charge in [0.05, 0.1) is 19.7 Å². The van der Waals surface area contributed by atoms with E-state index in [-0.39, 0.29) is 18.4 Å². The van der Waals surface area contributed by atoms with Crippen LogP contribution < -0.4 is 15.4 Å². The first-order valence-corrected chi connectivity index (χ1v) is 9.29. The molecule has 0 aromatic heterocycles. The number of nitrogens with one attached hydrogen (secondary N) is 2. The maximum Gasteiger partial charge on any atom is 0.238 e. The summed E-state index contributed by atoms with van der Waals surface area (Å²) in [6.45, 7) is 6.25. The number of anilines is 1. The Morgan fingerprint density at radius 3 is 2.54 bits per heavy atom. The van der Waals surface area contributed by atoms with Gasteiger partial charge in [0.2, 0.25) is 11.8 Å². The van der Waals surface area contributed by atoms with Crippen molar-refractivity contribution in [1.82, 2.24) is 10.2 Å². The fourth-order valence-electron chi connectivity index (χ4n) is 2.82. The van der Waals surface area contributed by atoms with Crippen LogP contribution in [0.1, 0.15) is 23.6 Å². The smallest absolute Gasteiger partial charge is 0.238 e. The van der Waals surface area contributed by atoms with Crippen LogP contribution in [0.3, 0.4) is 0 Å². The zero-order valence-electron chi connectivity index (χ0n) is 17.2. The zero-order chi connectivity index (χ0) is 20.7. The van der Waals surface area contributed by atoms with Crippen molar-refractivity contribution in [3.05, 3.63) is 59.2 Å². The Labute approximate surface area is 166 Å². The highest BCUT2D eigenvalue weighted by molar-refractivity contribution is 5.93. The molecule has 0 fully saturated rings. The summed E-state index contributed by atoms with van der Waals surface area (Å²) in [5.74, 6) is 0.435. The Bertz CT molecular complexity index is 836. The first kappa shape index (κ1) is 21.4. The van der Waals surface area contributed by atoms with Crippen molar-refractivity contribution in [2.75, 3.05) is 26.0 Å². The Hall–Kier alpha value is -2.86. The highest BCUT2D eigenvalue weighted by atomic mass is 16.5. The minimum atomic E-state index is -0.445. The van der Waals surface area contributed by atoms with E-state index in [1.807, 2.05) is 56.3 Å². The number of nitrogens with zero attached hydrogens (tertiary/aromatic N) is 1. The fourth-order valence-corrected chi connectivity index (χ4v) is 2.82. The summed E-state index contributed by atoms with van der Waals surface area (Å²) in [7, 11) is 3.36. The van der Waals surface area contributed by atoms with Gasteiger partial charge in [-0.1, -0.05) is 30.3 Å². The number of benzene rings is 2. The Balaban J connectivity index is 1.88. The van der Waals surface area contributed by atoms with Crippen LogP contribution in [-0.4, -0.2) is 43.5 Å². The van der Waals surface area contributed by atoms with Crippen molar-refractivity contribution < 1.29 is 14.3 Å². The van der Waals surface area contributed by atoms with Crippen molar-refractivity contribution in [1.29, 1.82) is 0 Å². The lowest BCUT2D eigenvalue weighted by Gasteiger charge is -2.23. The summed E-state index contributed by atoms with van der Waals surface area (Å²) < 4.78 is 5.30. The number of methoxy groups -OCH3 is 1. The van der Waals surface area contributed by atoms with Crippen LogP contribution in [0.4, 0.5) is 5.69 Å². The van der Waals surface area contributed by atoms with Crippen LogP contribution in [0.15, 0.2) is 42.5 Å². The first-order chi connectivity index (χ1) is 13.3. The van der Waals surface area contributed by atoms with Crippen molar-refractivity contribution in [3.63, 3.8) is 0 Å². The molecule has 0 radical (unpaired) electrons. The number of carbonyl (C=O) groups is 2. The van der Waals surface area contributed by atoms with E-state index in [4.69, 9.17) is 4.74 Å². The van der Waals surface area contributed by atoms with E-state index in [1.54, 1.807) is 26.0 Å². The number of hydrogen-bond donors (Lipinski definition) is 2. The topological polar surface area (TPSA) is 70.7 Å². The predicted octanol–water partition coefficient (Wildman–Crippen LogP) is 2.89. The molecule has 1 atom stereocenters. The van der Waals surface area contributed by atoms with Crippen LogP contribution in [-0.2, 0) is 16.1 Å². The summed E-state index contributed by atoms with van der Waals surface area (Å²) in [4.78, 5) is 26.6. The molecule has 2 N–H and O–H groups in total. The lowest BCUT2D eigenvalue weighted by molar-refractivity contribution is -0.126. The van der Waals surface area contributed by atoms with Crippen LogP contribution >= 0.6 is 0 Å². The Morgan fingerprint density at radius 1 is 1.11 bits per heavy atom. The Morgan fingerprint density at radius 2 is 1.82 bits per heavy atom. The number of amides is 2. The summed E-state index contributed by atoms with van der Waals surface area (Å²) in [5, 5.41) is 5.82. The average Bonchev–Trinajstić information content (AvgIpc) is 2.69. The highest BCUT2D eigenvalue weighted by Crippen LogP contribution is 2.18. The van der Waals surface area contributed by atoms with Crippen LogP contribution in [0.25, 0.3) is 0 Å². The minimum Gasteiger partial charge on any atom is -0.496 e. The summed E-state index contributed by atoms with van der Waals surface area (Å²) in [5.41, 5.74) is 3.86. The van der Waals surface area contributed by atoms with Crippen molar-refractivity contribution in [2.24, 2.45) is 0 Å². The van der Waals surface area contributed by atoms with E-state index in [9.17, 15) is 9.59 Å². The third kappa shape index (κ3) is 5.57. The van der Waals surface area contributed by atoms with Gasteiger partial charge in [-0.2, -0.15) is 0 Å². The molecule has 2 aromatic carbocycles. The van der Waals surface area contributed by atoms with Gasteiger partial charge in [0.1, 0.15) is 5.75 Å². The van der Waals surface area contributed by atoms with Crippen molar-refractivity contribution in [3.8, 4) is 5.75 Å². The van der Waals surface area contributed by atoms with Gasteiger partial charge in [0.25, 0.3) is 0 Å². The second-order valence-corrected chi connectivity index (χ2v) is 6.92. The fraction of sp³-hybridized carbons (Fsp3) is 0.364. The largest absolute Gasteiger partial charge is 0.496 e. The lowest BCUT2D eigenvalue weighted by atomic mass is 10.1. The Kier molecular flexibility index (Phi) is 7.58. The lowest BCUT2D eigenvalue weighted by Crippen LogP contribution is -2.45. The molecule has 6 heteroatoms. The van der Waals surface area contributed by atoms with Crippen LogP contribution in [0.5, 0.6) is 5.75 Å². The SMILES string of the molecule is COc1ccccc1CNC(=O)C(C)N(C)CC(=O)Nc1cccc(C)c1C. The summed E-state index contributed by atoms with van der Waals surface area (Å²) in [6.07, 6.45) is 0. The van der Waals surface area contributed by atoms with E-state index in [0.717, 1.165) is 28.1 Å². The van der Waals surface area contributed by atoms with Gasteiger partial charge in [0.15, 0.2) is 0 Å². The molecule has 28 heavy (non-hydrogen) atoms. The van der Waals surface area contributed by atoms with Crippen molar-refractivity contribution in [2.45, 2.75) is 33.4 Å². The molecule has 150 valence electrons. The molecule has 0 spiro atoms. The molecule has 0 bridgehead atoms. The van der Waals surface area contributed by atoms with Gasteiger partial charge in [0, 0.05) is 17.8 Å². The predicted molar refractivity (Wildman–Crippen MR) is 111 cm³/mol. The number of ether oxygens (including phenoxy) is 1. The van der Waals surface area contributed by atoms with Crippen molar-refractivity contribution >= 4 is 17.5 Å².